The number of allylic oxidation sites excluding steroid dienone is 4. The van der Waals surface area contributed by atoms with Gasteiger partial charge in [-0.2, -0.15) is 0 Å². The van der Waals surface area contributed by atoms with Crippen molar-refractivity contribution in [1.29, 1.82) is 0 Å². The number of hydrogen-bond acceptors (Lipinski definition) is 4. The van der Waals surface area contributed by atoms with Crippen LogP contribution in [0.3, 0.4) is 0 Å². The Balaban J connectivity index is 1.78. The Hall–Kier alpha value is -1.20. The molecule has 3 aliphatic rings. The van der Waals surface area contributed by atoms with Crippen molar-refractivity contribution in [2.24, 2.45) is 23.2 Å². The predicted molar refractivity (Wildman–Crippen MR) is 130 cm³/mol. The third-order valence-corrected chi connectivity index (χ3v) is 8.90. The van der Waals surface area contributed by atoms with Gasteiger partial charge in [-0.3, -0.25) is 0 Å². The fourth-order valence-electron chi connectivity index (χ4n) is 6.29. The van der Waals surface area contributed by atoms with Crippen molar-refractivity contribution in [1.82, 2.24) is 0 Å². The normalized spacial score (nSPS) is 39.5. The van der Waals surface area contributed by atoms with Crippen LogP contribution in [-0.4, -0.2) is 43.8 Å². The van der Waals surface area contributed by atoms with E-state index < -0.39 is 23.4 Å². The zero-order chi connectivity index (χ0) is 23.9. The molecule has 0 heterocycles. The Morgan fingerprint density at radius 3 is 2.47 bits per heavy atom. The first-order chi connectivity index (χ1) is 14.8. The van der Waals surface area contributed by atoms with Gasteiger partial charge < -0.3 is 20.4 Å². The van der Waals surface area contributed by atoms with Crippen molar-refractivity contribution in [3.8, 4) is 0 Å². The first-order valence-electron chi connectivity index (χ1n) is 12.4. The molecule has 32 heavy (non-hydrogen) atoms. The molecule has 4 nitrogen and oxygen atoms in total. The molecular weight excluding hydrogens is 400 g/mol. The number of aliphatic hydroxyl groups excluding tert-OH is 2. The number of aliphatic hydroxyl groups is 4. The summed E-state index contributed by atoms with van der Waals surface area (Å²) < 4.78 is 0. The number of fused-ring (bicyclic) bond motifs is 1. The molecule has 4 heteroatoms. The van der Waals surface area contributed by atoms with E-state index >= 15 is 0 Å². The van der Waals surface area contributed by atoms with Crippen LogP contribution in [0.2, 0.25) is 0 Å². The summed E-state index contributed by atoms with van der Waals surface area (Å²) in [6.07, 6.45) is 13.8. The van der Waals surface area contributed by atoms with Crippen LogP contribution in [0.4, 0.5) is 0 Å². The molecule has 0 aliphatic heterocycles. The van der Waals surface area contributed by atoms with Gasteiger partial charge in [0, 0.05) is 6.42 Å². The summed E-state index contributed by atoms with van der Waals surface area (Å²) in [5.74, 6) is 1.39. The van der Waals surface area contributed by atoms with Crippen LogP contribution >= 0.6 is 0 Å². The molecule has 0 aromatic rings. The topological polar surface area (TPSA) is 80.9 Å². The summed E-state index contributed by atoms with van der Waals surface area (Å²) in [6.45, 7) is 13.7. The van der Waals surface area contributed by atoms with E-state index in [0.717, 1.165) is 24.0 Å². The second-order valence-electron chi connectivity index (χ2n) is 11.6. The van der Waals surface area contributed by atoms with E-state index in [2.05, 4.69) is 38.7 Å². The van der Waals surface area contributed by atoms with Crippen LogP contribution in [0.25, 0.3) is 0 Å². The highest BCUT2D eigenvalue weighted by molar-refractivity contribution is 5.38. The van der Waals surface area contributed by atoms with Crippen molar-refractivity contribution in [3.63, 3.8) is 0 Å². The molecule has 3 aliphatic carbocycles. The SMILES string of the molecule is C=C1/C(=C\C=C2/CCC[C@]3(C)[C@@H]([C@H](C)/C=C/[C@](C)(O)C(C)(C)O)CC[C@@H]23)C[C@@H](O)C[C@@H]1O. The molecule has 0 spiro atoms. The minimum atomic E-state index is -1.26. The minimum absolute atomic E-state index is 0.218. The monoisotopic (exact) mass is 444 g/mol. The van der Waals surface area contributed by atoms with E-state index in [0.29, 0.717) is 30.6 Å². The van der Waals surface area contributed by atoms with E-state index in [9.17, 15) is 20.4 Å². The summed E-state index contributed by atoms with van der Waals surface area (Å²) in [5, 5.41) is 41.1. The average molecular weight is 445 g/mol. The molecule has 0 bridgehead atoms. The molecule has 0 aromatic heterocycles. The molecule has 3 saturated carbocycles. The lowest BCUT2D eigenvalue weighted by Gasteiger charge is -2.44. The van der Waals surface area contributed by atoms with Crippen LogP contribution in [0, 0.1) is 23.2 Å². The molecule has 0 unspecified atom stereocenters. The lowest BCUT2D eigenvalue weighted by molar-refractivity contribution is -0.0886. The third-order valence-electron chi connectivity index (χ3n) is 8.90. The van der Waals surface area contributed by atoms with Crippen LogP contribution in [0.1, 0.15) is 79.6 Å². The number of rotatable bonds is 5. The maximum atomic E-state index is 10.6. The van der Waals surface area contributed by atoms with Crippen LogP contribution < -0.4 is 0 Å². The highest BCUT2D eigenvalue weighted by Gasteiger charge is 2.50. The van der Waals surface area contributed by atoms with Gasteiger partial charge in [0.25, 0.3) is 0 Å². The smallest absolute Gasteiger partial charge is 0.108 e. The highest BCUT2D eigenvalue weighted by atomic mass is 16.3. The van der Waals surface area contributed by atoms with Gasteiger partial charge in [-0.15, -0.1) is 0 Å². The molecule has 180 valence electrons. The van der Waals surface area contributed by atoms with Gasteiger partial charge in [-0.1, -0.05) is 50.3 Å². The van der Waals surface area contributed by atoms with Gasteiger partial charge in [0.15, 0.2) is 0 Å². The van der Waals surface area contributed by atoms with E-state index in [1.54, 1.807) is 26.8 Å². The van der Waals surface area contributed by atoms with Crippen molar-refractivity contribution in [2.45, 2.75) is 103 Å². The Morgan fingerprint density at radius 1 is 1.12 bits per heavy atom. The standard InChI is InChI=1S/C28H44O4/c1-18(13-15-28(6,32)26(3,4)31)23-11-12-24-20(8-7-14-27(23,24)5)9-10-21-16-22(29)17-25(30)19(21)2/h9-10,13,15,18,22-25,29-32H,2,7-8,11-12,14,16-17H2,1,3-6H3/b15-13+,20-9+,21-10-/t18-,22-,23-,24+,25+,27-,28+/m1/s1. The first kappa shape index (κ1) is 25.4. The molecule has 3 fully saturated rings. The van der Waals surface area contributed by atoms with Gasteiger partial charge >= 0.3 is 0 Å². The Kier molecular flexibility index (Phi) is 7.32. The van der Waals surface area contributed by atoms with Crippen molar-refractivity contribution in [2.75, 3.05) is 0 Å². The van der Waals surface area contributed by atoms with Gasteiger partial charge in [-0.05, 0) is 93.6 Å². The maximum Gasteiger partial charge on any atom is 0.108 e. The zero-order valence-corrected chi connectivity index (χ0v) is 20.6. The second kappa shape index (κ2) is 9.21. The van der Waals surface area contributed by atoms with E-state index in [4.69, 9.17) is 0 Å². The second-order valence-corrected chi connectivity index (χ2v) is 11.6. The molecule has 4 N–H and O–H groups in total. The largest absolute Gasteiger partial charge is 0.393 e. The molecule has 7 atom stereocenters. The molecule has 0 radical (unpaired) electrons. The Labute approximate surface area is 194 Å². The Morgan fingerprint density at radius 2 is 1.81 bits per heavy atom. The van der Waals surface area contributed by atoms with Crippen molar-refractivity contribution < 1.29 is 20.4 Å². The summed E-state index contributed by atoms with van der Waals surface area (Å²) >= 11 is 0. The van der Waals surface area contributed by atoms with E-state index in [1.807, 2.05) is 0 Å². The average Bonchev–Trinajstić information content (AvgIpc) is 3.04. The van der Waals surface area contributed by atoms with Crippen LogP contribution in [0.5, 0.6) is 0 Å². The molecule has 3 rings (SSSR count). The van der Waals surface area contributed by atoms with Crippen LogP contribution in [0.15, 0.2) is 47.6 Å². The van der Waals surface area contributed by atoms with E-state index in [-0.39, 0.29) is 5.41 Å². The van der Waals surface area contributed by atoms with Gasteiger partial charge in [0.2, 0.25) is 0 Å². The third kappa shape index (κ3) is 4.99. The molecule has 0 amide bonds. The van der Waals surface area contributed by atoms with Gasteiger partial charge in [-0.25, -0.2) is 0 Å². The fraction of sp³-hybridized carbons (Fsp3) is 0.714. The minimum Gasteiger partial charge on any atom is -0.393 e. The molecule has 0 aromatic carbocycles. The fourth-order valence-corrected chi connectivity index (χ4v) is 6.29. The van der Waals surface area contributed by atoms with Crippen molar-refractivity contribution in [3.05, 3.63) is 47.6 Å². The quantitative estimate of drug-likeness (QED) is 0.457. The Bertz CT molecular complexity index is 797. The maximum absolute atomic E-state index is 10.6. The molecule has 0 saturated heterocycles. The van der Waals surface area contributed by atoms with Crippen LogP contribution in [-0.2, 0) is 0 Å². The van der Waals surface area contributed by atoms with Gasteiger partial charge in [0.1, 0.15) is 5.60 Å². The lowest BCUT2D eigenvalue weighted by Crippen LogP contribution is -2.46. The van der Waals surface area contributed by atoms with Gasteiger partial charge in [0.05, 0.1) is 17.8 Å². The molecular formula is C28H44O4. The summed E-state index contributed by atoms with van der Waals surface area (Å²) in [5.41, 5.74) is 0.958. The zero-order valence-electron chi connectivity index (χ0n) is 20.6. The first-order valence-corrected chi connectivity index (χ1v) is 12.4. The summed E-state index contributed by atoms with van der Waals surface area (Å²) in [4.78, 5) is 0. The lowest BCUT2D eigenvalue weighted by atomic mass is 9.61. The summed E-state index contributed by atoms with van der Waals surface area (Å²) in [6, 6.07) is 0. The summed E-state index contributed by atoms with van der Waals surface area (Å²) in [7, 11) is 0. The number of hydrogen-bond donors (Lipinski definition) is 4. The van der Waals surface area contributed by atoms with E-state index in [1.165, 1.54) is 24.8 Å². The van der Waals surface area contributed by atoms with Crippen molar-refractivity contribution >= 4 is 0 Å². The predicted octanol–water partition coefficient (Wildman–Crippen LogP) is 4.84. The highest BCUT2D eigenvalue weighted by Crippen LogP contribution is 2.59.